The molecule has 0 bridgehead atoms. The summed E-state index contributed by atoms with van der Waals surface area (Å²) in [5, 5.41) is 55.8. The number of nitrogens with one attached hydrogen (secondary N) is 1. The van der Waals surface area contributed by atoms with E-state index in [-0.39, 0.29) is 13.2 Å². The lowest BCUT2D eigenvalue weighted by atomic mass is 9.96. The van der Waals surface area contributed by atoms with Gasteiger partial charge in [-0.3, -0.25) is 0 Å². The molecular weight excluding hydrogens is 570 g/mol. The second-order valence-electron chi connectivity index (χ2n) is 11.9. The van der Waals surface area contributed by atoms with Gasteiger partial charge in [0.25, 0.3) is 0 Å². The summed E-state index contributed by atoms with van der Waals surface area (Å²) in [5.74, 6) is 0. The van der Waals surface area contributed by atoms with Crippen molar-refractivity contribution in [3.8, 4) is 0 Å². The SMILES string of the molecule is CC(C)(C)OC(=O)NCCCCCO[C@@H]1OC(CO)[C@@H](O[C@@H]2OC3COC(c4ccccc4)O[C@@H]3C(O)C2O)C(O)C1O. The van der Waals surface area contributed by atoms with E-state index in [1.807, 2.05) is 30.3 Å². The van der Waals surface area contributed by atoms with Crippen molar-refractivity contribution in [2.45, 2.75) is 113 Å². The topological polar surface area (TPSA) is 195 Å². The predicted molar refractivity (Wildman–Crippen MR) is 147 cm³/mol. The molecule has 14 heteroatoms. The van der Waals surface area contributed by atoms with Gasteiger partial charge in [0.05, 0.1) is 13.2 Å². The summed E-state index contributed by atoms with van der Waals surface area (Å²) in [7, 11) is 0. The van der Waals surface area contributed by atoms with Crippen LogP contribution >= 0.6 is 0 Å². The number of benzene rings is 1. The molecule has 244 valence electrons. The average molecular weight is 616 g/mol. The lowest BCUT2D eigenvalue weighted by Crippen LogP contribution is -2.65. The highest BCUT2D eigenvalue weighted by atomic mass is 16.8. The molecule has 3 saturated heterocycles. The second kappa shape index (κ2) is 15.4. The highest BCUT2D eigenvalue weighted by Crippen LogP contribution is 2.36. The number of aliphatic hydroxyl groups excluding tert-OH is 5. The molecule has 14 nitrogen and oxygen atoms in total. The van der Waals surface area contributed by atoms with E-state index >= 15 is 0 Å². The molecule has 3 aliphatic rings. The van der Waals surface area contributed by atoms with Crippen LogP contribution in [-0.2, 0) is 33.2 Å². The van der Waals surface area contributed by atoms with Gasteiger partial charge in [-0.15, -0.1) is 0 Å². The number of fused-ring (bicyclic) bond motifs is 1. The monoisotopic (exact) mass is 615 g/mol. The van der Waals surface area contributed by atoms with Gasteiger partial charge in [0.15, 0.2) is 18.9 Å². The van der Waals surface area contributed by atoms with Gasteiger partial charge < -0.3 is 64.0 Å². The lowest BCUT2D eigenvalue weighted by molar-refractivity contribution is -0.385. The Morgan fingerprint density at radius 1 is 0.930 bits per heavy atom. The highest BCUT2D eigenvalue weighted by Gasteiger charge is 2.53. The molecule has 3 fully saturated rings. The molecule has 3 heterocycles. The zero-order valence-electron chi connectivity index (χ0n) is 24.7. The predicted octanol–water partition coefficient (Wildman–Crippen LogP) is 0.0831. The molecule has 4 rings (SSSR count). The number of ether oxygens (including phenoxy) is 7. The smallest absolute Gasteiger partial charge is 0.407 e. The summed E-state index contributed by atoms with van der Waals surface area (Å²) in [4.78, 5) is 11.7. The van der Waals surface area contributed by atoms with E-state index in [0.717, 1.165) is 5.56 Å². The summed E-state index contributed by atoms with van der Waals surface area (Å²) in [6.45, 7) is 5.42. The van der Waals surface area contributed by atoms with Crippen LogP contribution in [0.2, 0.25) is 0 Å². The number of unbranched alkanes of at least 4 members (excludes halogenated alkanes) is 2. The normalized spacial score (nSPS) is 36.5. The summed E-state index contributed by atoms with van der Waals surface area (Å²) < 4.78 is 39.7. The average Bonchev–Trinajstić information content (AvgIpc) is 2.97. The van der Waals surface area contributed by atoms with Crippen LogP contribution in [0.1, 0.15) is 51.9 Å². The van der Waals surface area contributed by atoms with Crippen molar-refractivity contribution < 1.29 is 63.5 Å². The summed E-state index contributed by atoms with van der Waals surface area (Å²) in [6.07, 6.45) is -12.2. The van der Waals surface area contributed by atoms with Crippen molar-refractivity contribution in [2.24, 2.45) is 0 Å². The first-order valence-electron chi connectivity index (χ1n) is 14.7. The van der Waals surface area contributed by atoms with Crippen LogP contribution in [-0.4, -0.2) is 125 Å². The second-order valence-corrected chi connectivity index (χ2v) is 11.9. The van der Waals surface area contributed by atoms with E-state index < -0.39 is 86.0 Å². The first-order chi connectivity index (χ1) is 20.5. The molecule has 6 N–H and O–H groups in total. The van der Waals surface area contributed by atoms with E-state index in [4.69, 9.17) is 33.2 Å². The van der Waals surface area contributed by atoms with Gasteiger partial charge in [-0.05, 0) is 40.0 Å². The van der Waals surface area contributed by atoms with Crippen LogP contribution < -0.4 is 5.32 Å². The number of alkyl carbamates (subject to hydrolysis) is 1. The van der Waals surface area contributed by atoms with Crippen molar-refractivity contribution in [3.63, 3.8) is 0 Å². The molecule has 1 amide bonds. The molecule has 7 unspecified atom stereocenters. The van der Waals surface area contributed by atoms with Crippen molar-refractivity contribution >= 4 is 6.09 Å². The minimum atomic E-state index is -1.57. The van der Waals surface area contributed by atoms with Crippen LogP contribution in [0.5, 0.6) is 0 Å². The molecule has 0 radical (unpaired) electrons. The number of rotatable bonds is 11. The standard InChI is InChI=1S/C29H45NO13/c1-29(2,3)43-28(36)30-12-8-5-9-13-37-26-21(34)19(32)23(17(14-31)39-26)42-27-22(35)20(33)24-18(40-27)15-38-25(41-24)16-10-6-4-7-11-16/h4,6-7,10-11,17-27,31-35H,5,8-9,12-15H2,1-3H3,(H,30,36)/t17?,18?,19?,20?,21?,22?,23-,24+,25?,26-,27+/m1/s1. The number of carbonyl (C=O) groups excluding carboxylic acids is 1. The molecule has 1 aromatic carbocycles. The number of carbonyl (C=O) groups is 1. The molecule has 0 aliphatic carbocycles. The Morgan fingerprint density at radius 3 is 2.35 bits per heavy atom. The van der Waals surface area contributed by atoms with E-state index in [2.05, 4.69) is 5.32 Å². The first kappa shape index (κ1) is 33.9. The zero-order chi connectivity index (χ0) is 31.1. The Balaban J connectivity index is 1.23. The van der Waals surface area contributed by atoms with Crippen LogP contribution in [0, 0.1) is 0 Å². The maximum Gasteiger partial charge on any atom is 0.407 e. The number of hydrogen-bond acceptors (Lipinski definition) is 13. The van der Waals surface area contributed by atoms with Gasteiger partial charge >= 0.3 is 6.09 Å². The van der Waals surface area contributed by atoms with E-state index in [1.54, 1.807) is 20.8 Å². The molecule has 0 spiro atoms. The van der Waals surface area contributed by atoms with Crippen LogP contribution in [0.3, 0.4) is 0 Å². The van der Waals surface area contributed by atoms with Gasteiger partial charge in [-0.2, -0.15) is 0 Å². The third kappa shape index (κ3) is 9.05. The molecular formula is C29H45NO13. The van der Waals surface area contributed by atoms with E-state index in [9.17, 15) is 30.3 Å². The Kier molecular flexibility index (Phi) is 12.1. The Morgan fingerprint density at radius 2 is 1.65 bits per heavy atom. The van der Waals surface area contributed by atoms with Gasteiger partial charge in [0.1, 0.15) is 54.4 Å². The van der Waals surface area contributed by atoms with Gasteiger partial charge in [-0.25, -0.2) is 4.79 Å². The first-order valence-corrected chi connectivity index (χ1v) is 14.7. The highest BCUT2D eigenvalue weighted by molar-refractivity contribution is 5.67. The maximum absolute atomic E-state index is 11.7. The fourth-order valence-electron chi connectivity index (χ4n) is 5.09. The molecule has 43 heavy (non-hydrogen) atoms. The summed E-state index contributed by atoms with van der Waals surface area (Å²) in [5.41, 5.74) is 0.176. The fraction of sp³-hybridized carbons (Fsp3) is 0.759. The largest absolute Gasteiger partial charge is 0.444 e. The number of hydrogen-bond donors (Lipinski definition) is 6. The minimum Gasteiger partial charge on any atom is -0.444 e. The Hall–Kier alpha value is -1.95. The number of amides is 1. The van der Waals surface area contributed by atoms with E-state index in [0.29, 0.717) is 25.8 Å². The lowest BCUT2D eigenvalue weighted by Gasteiger charge is -2.48. The molecule has 11 atom stereocenters. The molecule has 0 aromatic heterocycles. The number of aliphatic hydroxyl groups is 5. The van der Waals surface area contributed by atoms with Gasteiger partial charge in [0, 0.05) is 18.7 Å². The summed E-state index contributed by atoms with van der Waals surface area (Å²) in [6, 6.07) is 9.14. The van der Waals surface area contributed by atoms with Crippen molar-refractivity contribution in [3.05, 3.63) is 35.9 Å². The quantitative estimate of drug-likeness (QED) is 0.183. The van der Waals surface area contributed by atoms with Crippen molar-refractivity contribution in [2.75, 3.05) is 26.4 Å². The van der Waals surface area contributed by atoms with Crippen LogP contribution in [0.25, 0.3) is 0 Å². The minimum absolute atomic E-state index is 0.0383. The maximum atomic E-state index is 11.7. The van der Waals surface area contributed by atoms with Crippen molar-refractivity contribution in [1.82, 2.24) is 5.32 Å². The van der Waals surface area contributed by atoms with Crippen LogP contribution in [0.15, 0.2) is 30.3 Å². The van der Waals surface area contributed by atoms with Crippen molar-refractivity contribution in [1.29, 1.82) is 0 Å². The fourth-order valence-corrected chi connectivity index (χ4v) is 5.09. The third-order valence-corrected chi connectivity index (χ3v) is 7.29. The van der Waals surface area contributed by atoms with Crippen LogP contribution in [0.4, 0.5) is 4.79 Å². The molecule has 3 aliphatic heterocycles. The Labute approximate surface area is 250 Å². The third-order valence-electron chi connectivity index (χ3n) is 7.29. The van der Waals surface area contributed by atoms with Gasteiger partial charge in [0.2, 0.25) is 0 Å². The molecule has 1 aromatic rings. The summed E-state index contributed by atoms with van der Waals surface area (Å²) >= 11 is 0. The van der Waals surface area contributed by atoms with Gasteiger partial charge in [-0.1, -0.05) is 30.3 Å². The van der Waals surface area contributed by atoms with E-state index in [1.165, 1.54) is 0 Å². The Bertz CT molecular complexity index is 990. The zero-order valence-corrected chi connectivity index (χ0v) is 24.7. The molecule has 0 saturated carbocycles.